The fraction of sp³-hybridized carbons (Fsp3) is 0.200. The Bertz CT molecular complexity index is 972. The highest BCUT2D eigenvalue weighted by Gasteiger charge is 2.11. The molecule has 0 amide bonds. The molecule has 0 unspecified atom stereocenters. The molecule has 0 spiro atoms. The number of fused-ring (bicyclic) bond motifs is 1. The third kappa shape index (κ3) is 3.32. The van der Waals surface area contributed by atoms with Crippen LogP contribution in [0.2, 0.25) is 0 Å². The van der Waals surface area contributed by atoms with Crippen molar-refractivity contribution in [3.8, 4) is 11.5 Å². The first-order valence-electron chi connectivity index (χ1n) is 8.50. The minimum atomic E-state index is 0.560. The SMILES string of the molecule is NCCc1c[nH]c2ccc(-c3nc(CCc4ccccc4)no3)cc12. The lowest BCUT2D eigenvalue weighted by molar-refractivity contribution is 0.422. The molecule has 5 nitrogen and oxygen atoms in total. The first-order chi connectivity index (χ1) is 12.3. The second-order valence-electron chi connectivity index (χ2n) is 6.11. The van der Waals surface area contributed by atoms with Gasteiger partial charge in [0.2, 0.25) is 0 Å². The van der Waals surface area contributed by atoms with Gasteiger partial charge in [-0.3, -0.25) is 0 Å². The quantitative estimate of drug-likeness (QED) is 0.566. The largest absolute Gasteiger partial charge is 0.361 e. The van der Waals surface area contributed by atoms with Gasteiger partial charge >= 0.3 is 0 Å². The van der Waals surface area contributed by atoms with Crippen LogP contribution < -0.4 is 5.73 Å². The molecule has 0 aliphatic heterocycles. The fourth-order valence-electron chi connectivity index (χ4n) is 3.05. The van der Waals surface area contributed by atoms with Crippen LogP contribution in [-0.2, 0) is 19.3 Å². The minimum absolute atomic E-state index is 0.560. The number of benzene rings is 2. The van der Waals surface area contributed by atoms with E-state index in [4.69, 9.17) is 10.3 Å². The normalized spacial score (nSPS) is 11.2. The molecule has 0 fully saturated rings. The molecule has 0 bridgehead atoms. The summed E-state index contributed by atoms with van der Waals surface area (Å²) in [5.41, 5.74) is 10.2. The molecule has 3 N–H and O–H groups in total. The molecule has 0 radical (unpaired) electrons. The first-order valence-corrected chi connectivity index (χ1v) is 8.50. The number of nitrogens with zero attached hydrogens (tertiary/aromatic N) is 2. The first kappa shape index (κ1) is 15.6. The number of aromatic amines is 1. The summed E-state index contributed by atoms with van der Waals surface area (Å²) in [5.74, 6) is 1.29. The summed E-state index contributed by atoms with van der Waals surface area (Å²) in [7, 11) is 0. The summed E-state index contributed by atoms with van der Waals surface area (Å²) in [5, 5.41) is 5.28. The Morgan fingerprint density at radius 1 is 1.00 bits per heavy atom. The van der Waals surface area contributed by atoms with Crippen LogP contribution in [0.5, 0.6) is 0 Å². The molecule has 0 aliphatic rings. The maximum absolute atomic E-state index is 5.69. The second-order valence-corrected chi connectivity index (χ2v) is 6.11. The lowest BCUT2D eigenvalue weighted by Crippen LogP contribution is -2.01. The summed E-state index contributed by atoms with van der Waals surface area (Å²) in [6, 6.07) is 16.5. The minimum Gasteiger partial charge on any atom is -0.361 e. The van der Waals surface area contributed by atoms with Crippen molar-refractivity contribution < 1.29 is 4.52 Å². The molecule has 126 valence electrons. The topological polar surface area (TPSA) is 80.7 Å². The fourth-order valence-corrected chi connectivity index (χ4v) is 3.05. The molecule has 4 aromatic rings. The average Bonchev–Trinajstić information content (AvgIpc) is 3.28. The van der Waals surface area contributed by atoms with Crippen molar-refractivity contribution >= 4 is 10.9 Å². The molecule has 2 aromatic carbocycles. The van der Waals surface area contributed by atoms with Gasteiger partial charge in [0.1, 0.15) is 0 Å². The summed E-state index contributed by atoms with van der Waals surface area (Å²) < 4.78 is 5.47. The van der Waals surface area contributed by atoms with Crippen LogP contribution in [0.25, 0.3) is 22.4 Å². The van der Waals surface area contributed by atoms with Crippen molar-refractivity contribution in [3.05, 3.63) is 71.7 Å². The number of hydrogen-bond donors (Lipinski definition) is 2. The zero-order valence-corrected chi connectivity index (χ0v) is 13.9. The second kappa shape index (κ2) is 6.91. The zero-order chi connectivity index (χ0) is 17.1. The molecule has 0 aliphatic carbocycles. The highest BCUT2D eigenvalue weighted by molar-refractivity contribution is 5.87. The van der Waals surface area contributed by atoms with Crippen molar-refractivity contribution in [1.29, 1.82) is 0 Å². The predicted molar refractivity (Wildman–Crippen MR) is 98.2 cm³/mol. The standard InChI is InChI=1S/C20H20N4O/c21-11-10-16-13-22-18-8-7-15(12-17(16)18)20-23-19(24-25-20)9-6-14-4-2-1-3-5-14/h1-5,7-8,12-13,22H,6,9-11,21H2. The van der Waals surface area contributed by atoms with E-state index in [2.05, 4.69) is 33.3 Å². The monoisotopic (exact) mass is 332 g/mol. The predicted octanol–water partition coefficient (Wildman–Crippen LogP) is 3.50. The third-order valence-corrected chi connectivity index (χ3v) is 4.38. The van der Waals surface area contributed by atoms with Crippen LogP contribution in [0.1, 0.15) is 17.0 Å². The van der Waals surface area contributed by atoms with Gasteiger partial charge in [0.15, 0.2) is 5.82 Å². The van der Waals surface area contributed by atoms with E-state index in [0.29, 0.717) is 12.4 Å². The third-order valence-electron chi connectivity index (χ3n) is 4.38. The van der Waals surface area contributed by atoms with E-state index in [0.717, 1.165) is 41.6 Å². The number of hydrogen-bond acceptors (Lipinski definition) is 4. The van der Waals surface area contributed by atoms with Gasteiger partial charge in [-0.05, 0) is 48.7 Å². The lowest BCUT2D eigenvalue weighted by atomic mass is 10.1. The molecule has 2 aromatic heterocycles. The van der Waals surface area contributed by atoms with Crippen LogP contribution in [-0.4, -0.2) is 21.7 Å². The van der Waals surface area contributed by atoms with E-state index in [1.807, 2.05) is 36.5 Å². The number of H-pyrrole nitrogens is 1. The van der Waals surface area contributed by atoms with Crippen LogP contribution in [0, 0.1) is 0 Å². The van der Waals surface area contributed by atoms with Crippen molar-refractivity contribution in [3.63, 3.8) is 0 Å². The summed E-state index contributed by atoms with van der Waals surface area (Å²) in [6.45, 7) is 0.626. The molecular weight excluding hydrogens is 312 g/mol. The van der Waals surface area contributed by atoms with E-state index < -0.39 is 0 Å². The van der Waals surface area contributed by atoms with Gasteiger partial charge in [0.25, 0.3) is 5.89 Å². The van der Waals surface area contributed by atoms with E-state index in [9.17, 15) is 0 Å². The van der Waals surface area contributed by atoms with E-state index in [-0.39, 0.29) is 0 Å². The molecule has 0 atom stereocenters. The van der Waals surface area contributed by atoms with Crippen molar-refractivity contribution in [1.82, 2.24) is 15.1 Å². The Kier molecular flexibility index (Phi) is 4.31. The molecule has 4 rings (SSSR count). The highest BCUT2D eigenvalue weighted by atomic mass is 16.5. The van der Waals surface area contributed by atoms with Gasteiger partial charge in [-0.15, -0.1) is 0 Å². The van der Waals surface area contributed by atoms with Crippen molar-refractivity contribution in [2.75, 3.05) is 6.54 Å². The molecule has 0 saturated heterocycles. The number of aryl methyl sites for hydroxylation is 2. The molecule has 0 saturated carbocycles. The molecule has 25 heavy (non-hydrogen) atoms. The van der Waals surface area contributed by atoms with Gasteiger partial charge in [-0.2, -0.15) is 4.98 Å². The van der Waals surface area contributed by atoms with Crippen molar-refractivity contribution in [2.45, 2.75) is 19.3 Å². The Hall–Kier alpha value is -2.92. The van der Waals surface area contributed by atoms with E-state index in [1.165, 1.54) is 11.1 Å². The Labute approximate surface area is 145 Å². The van der Waals surface area contributed by atoms with Crippen LogP contribution in [0.15, 0.2) is 59.3 Å². The molecule has 2 heterocycles. The maximum atomic E-state index is 5.69. The Morgan fingerprint density at radius 2 is 1.88 bits per heavy atom. The molecular formula is C20H20N4O. The van der Waals surface area contributed by atoms with Crippen molar-refractivity contribution in [2.24, 2.45) is 5.73 Å². The number of rotatable bonds is 6. The summed E-state index contributed by atoms with van der Waals surface area (Å²) in [6.07, 6.45) is 4.52. The maximum Gasteiger partial charge on any atom is 0.257 e. The lowest BCUT2D eigenvalue weighted by Gasteiger charge is -1.99. The molecule has 5 heteroatoms. The Morgan fingerprint density at radius 3 is 2.72 bits per heavy atom. The van der Waals surface area contributed by atoms with Crippen LogP contribution in [0.4, 0.5) is 0 Å². The van der Waals surface area contributed by atoms with Gasteiger partial charge < -0.3 is 15.2 Å². The number of nitrogens with one attached hydrogen (secondary N) is 1. The number of nitrogens with two attached hydrogens (primary N) is 1. The van der Waals surface area contributed by atoms with Gasteiger partial charge in [-0.1, -0.05) is 35.5 Å². The zero-order valence-electron chi connectivity index (χ0n) is 13.9. The number of aromatic nitrogens is 3. The smallest absolute Gasteiger partial charge is 0.257 e. The summed E-state index contributed by atoms with van der Waals surface area (Å²) >= 11 is 0. The van der Waals surface area contributed by atoms with E-state index >= 15 is 0 Å². The van der Waals surface area contributed by atoms with Crippen LogP contribution >= 0.6 is 0 Å². The van der Waals surface area contributed by atoms with Gasteiger partial charge in [0, 0.05) is 29.1 Å². The van der Waals surface area contributed by atoms with Gasteiger partial charge in [-0.25, -0.2) is 0 Å². The highest BCUT2D eigenvalue weighted by Crippen LogP contribution is 2.25. The average molecular weight is 332 g/mol. The van der Waals surface area contributed by atoms with E-state index in [1.54, 1.807) is 0 Å². The van der Waals surface area contributed by atoms with Crippen LogP contribution in [0.3, 0.4) is 0 Å². The summed E-state index contributed by atoms with van der Waals surface area (Å²) in [4.78, 5) is 7.82. The Balaban J connectivity index is 1.55. The van der Waals surface area contributed by atoms with Gasteiger partial charge in [0.05, 0.1) is 0 Å².